The Kier molecular flexibility index (Phi) is 4.19. The van der Waals surface area contributed by atoms with Crippen molar-refractivity contribution in [2.24, 2.45) is 0 Å². The van der Waals surface area contributed by atoms with Gasteiger partial charge in [0.2, 0.25) is 0 Å². The lowest BCUT2D eigenvalue weighted by molar-refractivity contribution is 0.0472. The average Bonchev–Trinajstić information content (AvgIpc) is 2.45. The number of nitrogens with two attached hydrogens (primary N) is 1. The van der Waals surface area contributed by atoms with Crippen molar-refractivity contribution in [3.63, 3.8) is 0 Å². The third-order valence-electron chi connectivity index (χ3n) is 3.06. The lowest BCUT2D eigenvalue weighted by Gasteiger charge is -2.10. The van der Waals surface area contributed by atoms with Gasteiger partial charge < -0.3 is 10.5 Å². The molecule has 0 aliphatic rings. The van der Waals surface area contributed by atoms with E-state index < -0.39 is 11.8 Å². The zero-order valence-electron chi connectivity index (χ0n) is 11.4. The maximum Gasteiger partial charge on any atom is 0.340 e. The Morgan fingerprint density at radius 3 is 2.81 bits per heavy atom. The Morgan fingerprint density at radius 1 is 1.38 bits per heavy atom. The summed E-state index contributed by atoms with van der Waals surface area (Å²) < 4.78 is 18.3. The van der Waals surface area contributed by atoms with Crippen molar-refractivity contribution < 1.29 is 13.9 Å². The number of benzene rings is 2. The van der Waals surface area contributed by atoms with E-state index in [0.717, 1.165) is 0 Å². The molecule has 0 unspecified atom stereocenters. The van der Waals surface area contributed by atoms with Gasteiger partial charge in [-0.3, -0.25) is 0 Å². The van der Waals surface area contributed by atoms with E-state index in [0.29, 0.717) is 16.8 Å². The summed E-state index contributed by atoms with van der Waals surface area (Å²) in [6.45, 7) is 1.56. The first-order valence-electron chi connectivity index (χ1n) is 6.23. The van der Waals surface area contributed by atoms with Gasteiger partial charge in [-0.15, -0.1) is 0 Å². The third-order valence-corrected chi connectivity index (χ3v) is 3.06. The minimum absolute atomic E-state index is 0.187. The molecule has 0 saturated heterocycles. The molecule has 2 rings (SSSR count). The quantitative estimate of drug-likeness (QED) is 0.694. The second-order valence-corrected chi connectivity index (χ2v) is 4.53. The van der Waals surface area contributed by atoms with Gasteiger partial charge in [-0.25, -0.2) is 9.18 Å². The number of esters is 1. The van der Waals surface area contributed by atoms with E-state index in [1.54, 1.807) is 25.1 Å². The second-order valence-electron chi connectivity index (χ2n) is 4.53. The molecule has 2 N–H and O–H groups in total. The molecule has 5 heteroatoms. The SMILES string of the molecule is Cc1cccc(N)c1C(=O)OCc1cc(F)ccc1C#N. The van der Waals surface area contributed by atoms with Crippen molar-refractivity contribution in [2.45, 2.75) is 13.5 Å². The molecule has 0 spiro atoms. The number of hydrogen-bond donors (Lipinski definition) is 1. The first-order chi connectivity index (χ1) is 10.0. The van der Waals surface area contributed by atoms with E-state index >= 15 is 0 Å². The molecule has 0 saturated carbocycles. The van der Waals surface area contributed by atoms with Gasteiger partial charge in [0.05, 0.1) is 17.2 Å². The van der Waals surface area contributed by atoms with Crippen LogP contribution in [0, 0.1) is 24.1 Å². The Labute approximate surface area is 121 Å². The Morgan fingerprint density at radius 2 is 2.14 bits per heavy atom. The molecule has 0 heterocycles. The van der Waals surface area contributed by atoms with Gasteiger partial charge >= 0.3 is 5.97 Å². The van der Waals surface area contributed by atoms with Gasteiger partial charge in [0.15, 0.2) is 0 Å². The number of ether oxygens (including phenoxy) is 1. The molecule has 2 aromatic carbocycles. The first kappa shape index (κ1) is 14.5. The van der Waals surface area contributed by atoms with Crippen LogP contribution in [0.1, 0.15) is 27.0 Å². The summed E-state index contributed by atoms with van der Waals surface area (Å²) in [4.78, 5) is 12.1. The van der Waals surface area contributed by atoms with Gasteiger partial charge in [0.1, 0.15) is 12.4 Å². The van der Waals surface area contributed by atoms with Crippen molar-refractivity contribution in [3.05, 3.63) is 64.5 Å². The minimum Gasteiger partial charge on any atom is -0.457 e. The van der Waals surface area contributed by atoms with Crippen molar-refractivity contribution in [1.82, 2.24) is 0 Å². The zero-order valence-corrected chi connectivity index (χ0v) is 11.4. The number of nitrogen functional groups attached to an aromatic ring is 1. The van der Waals surface area contributed by atoms with Crippen molar-refractivity contribution in [3.8, 4) is 6.07 Å². The van der Waals surface area contributed by atoms with Gasteiger partial charge in [-0.1, -0.05) is 12.1 Å². The molecule has 0 aliphatic heterocycles. The molecular formula is C16H13FN2O2. The zero-order chi connectivity index (χ0) is 15.4. The van der Waals surface area contributed by atoms with Crippen molar-refractivity contribution >= 4 is 11.7 Å². The summed E-state index contributed by atoms with van der Waals surface area (Å²) in [5.41, 5.74) is 7.64. The predicted octanol–water partition coefficient (Wildman–Crippen LogP) is 2.95. The molecule has 0 radical (unpaired) electrons. The number of carbonyl (C=O) groups excluding carboxylic acids is 1. The van der Waals surface area contributed by atoms with Crippen LogP contribution in [0.3, 0.4) is 0 Å². The molecule has 0 amide bonds. The highest BCUT2D eigenvalue weighted by molar-refractivity contribution is 5.96. The molecule has 106 valence electrons. The van der Waals surface area contributed by atoms with Crippen LogP contribution in [0.5, 0.6) is 0 Å². The monoisotopic (exact) mass is 284 g/mol. The highest BCUT2D eigenvalue weighted by Crippen LogP contribution is 2.19. The molecule has 0 aliphatic carbocycles. The largest absolute Gasteiger partial charge is 0.457 e. The van der Waals surface area contributed by atoms with Crippen LogP contribution in [-0.2, 0) is 11.3 Å². The highest BCUT2D eigenvalue weighted by atomic mass is 19.1. The highest BCUT2D eigenvalue weighted by Gasteiger charge is 2.15. The fourth-order valence-corrected chi connectivity index (χ4v) is 1.98. The van der Waals surface area contributed by atoms with Crippen LogP contribution in [0.25, 0.3) is 0 Å². The van der Waals surface area contributed by atoms with E-state index in [1.807, 2.05) is 6.07 Å². The van der Waals surface area contributed by atoms with Gasteiger partial charge in [0.25, 0.3) is 0 Å². The molecule has 0 fully saturated rings. The van der Waals surface area contributed by atoms with Crippen LogP contribution < -0.4 is 5.73 Å². The Hall–Kier alpha value is -2.87. The van der Waals surface area contributed by atoms with Crippen LogP contribution in [0.4, 0.5) is 10.1 Å². The summed E-state index contributed by atoms with van der Waals surface area (Å²) in [6, 6.07) is 10.7. The smallest absolute Gasteiger partial charge is 0.340 e. The van der Waals surface area contributed by atoms with Crippen LogP contribution >= 0.6 is 0 Å². The fraction of sp³-hybridized carbons (Fsp3) is 0.125. The molecule has 0 atom stereocenters. The Balaban J connectivity index is 2.19. The number of nitriles is 1. The van der Waals surface area contributed by atoms with Gasteiger partial charge in [-0.2, -0.15) is 5.26 Å². The molecule has 0 aromatic heterocycles. The van der Waals surface area contributed by atoms with Crippen molar-refractivity contribution in [2.75, 3.05) is 5.73 Å². The summed E-state index contributed by atoms with van der Waals surface area (Å²) >= 11 is 0. The second kappa shape index (κ2) is 6.06. The fourth-order valence-electron chi connectivity index (χ4n) is 1.98. The van der Waals surface area contributed by atoms with Crippen LogP contribution in [-0.4, -0.2) is 5.97 Å². The number of halogens is 1. The molecular weight excluding hydrogens is 271 g/mol. The normalized spacial score (nSPS) is 9.95. The average molecular weight is 284 g/mol. The standard InChI is InChI=1S/C16H13FN2O2/c1-10-3-2-4-14(19)15(10)16(20)21-9-12-7-13(17)6-5-11(12)8-18/h2-7H,9,19H2,1H3. The molecule has 4 nitrogen and oxygen atoms in total. The lowest BCUT2D eigenvalue weighted by Crippen LogP contribution is -2.10. The number of nitrogens with zero attached hydrogens (tertiary/aromatic N) is 1. The van der Waals surface area contributed by atoms with E-state index in [-0.39, 0.29) is 17.7 Å². The molecule has 2 aromatic rings. The molecule has 21 heavy (non-hydrogen) atoms. The summed E-state index contributed by atoms with van der Waals surface area (Å²) in [5, 5.41) is 8.95. The maximum atomic E-state index is 13.2. The van der Waals surface area contributed by atoms with E-state index in [4.69, 9.17) is 15.7 Å². The third kappa shape index (κ3) is 3.18. The van der Waals surface area contributed by atoms with E-state index in [1.165, 1.54) is 18.2 Å². The molecule has 0 bridgehead atoms. The lowest BCUT2D eigenvalue weighted by atomic mass is 10.1. The van der Waals surface area contributed by atoms with Crippen molar-refractivity contribution in [1.29, 1.82) is 5.26 Å². The minimum atomic E-state index is -0.598. The van der Waals surface area contributed by atoms with Gasteiger partial charge in [0, 0.05) is 11.3 Å². The number of carbonyl (C=O) groups is 1. The number of rotatable bonds is 3. The van der Waals surface area contributed by atoms with Crippen LogP contribution in [0.2, 0.25) is 0 Å². The van der Waals surface area contributed by atoms with Gasteiger partial charge in [-0.05, 0) is 36.8 Å². The first-order valence-corrected chi connectivity index (χ1v) is 6.23. The Bertz CT molecular complexity index is 715. The summed E-state index contributed by atoms with van der Waals surface area (Å²) in [5.74, 6) is -1.09. The number of hydrogen-bond acceptors (Lipinski definition) is 4. The number of anilines is 1. The predicted molar refractivity (Wildman–Crippen MR) is 75.8 cm³/mol. The summed E-state index contributed by atoms with van der Waals surface area (Å²) in [7, 11) is 0. The van der Waals surface area contributed by atoms with E-state index in [9.17, 15) is 9.18 Å². The summed E-state index contributed by atoms with van der Waals surface area (Å²) in [6.07, 6.45) is 0. The van der Waals surface area contributed by atoms with Crippen LogP contribution in [0.15, 0.2) is 36.4 Å². The number of aryl methyl sites for hydroxylation is 1. The topological polar surface area (TPSA) is 76.1 Å². The maximum absolute atomic E-state index is 13.2. The van der Waals surface area contributed by atoms with E-state index in [2.05, 4.69) is 0 Å².